The number of rotatable bonds is 1. The first kappa shape index (κ1) is 7.90. The van der Waals surface area contributed by atoms with E-state index in [0.717, 1.165) is 17.0 Å². The third-order valence-electron chi connectivity index (χ3n) is 2.08. The lowest BCUT2D eigenvalue weighted by Crippen LogP contribution is -1.95. The SMILES string of the molecule is Cc1nn(C)c(-c2nn[nH]n2)c1C. The third kappa shape index (κ3) is 1.10. The first-order chi connectivity index (χ1) is 6.20. The molecule has 0 radical (unpaired) electrons. The van der Waals surface area contributed by atoms with Crippen LogP contribution in [0.5, 0.6) is 0 Å². The van der Waals surface area contributed by atoms with Crippen LogP contribution in [0.15, 0.2) is 0 Å². The Morgan fingerprint density at radius 3 is 2.54 bits per heavy atom. The molecule has 6 nitrogen and oxygen atoms in total. The highest BCUT2D eigenvalue weighted by Gasteiger charge is 2.14. The molecule has 1 N–H and O–H groups in total. The Labute approximate surface area is 75.0 Å². The van der Waals surface area contributed by atoms with Crippen LogP contribution in [-0.4, -0.2) is 30.4 Å². The predicted octanol–water partition coefficient (Wildman–Crippen LogP) is 0.217. The van der Waals surface area contributed by atoms with Crippen LogP contribution in [0.4, 0.5) is 0 Å². The van der Waals surface area contributed by atoms with Crippen molar-refractivity contribution in [1.29, 1.82) is 0 Å². The minimum Gasteiger partial charge on any atom is -0.264 e. The van der Waals surface area contributed by atoms with Crippen molar-refractivity contribution in [2.24, 2.45) is 7.05 Å². The smallest absolute Gasteiger partial charge is 0.222 e. The molecule has 68 valence electrons. The van der Waals surface area contributed by atoms with Gasteiger partial charge in [-0.3, -0.25) is 4.68 Å². The van der Waals surface area contributed by atoms with Crippen molar-refractivity contribution in [3.63, 3.8) is 0 Å². The highest BCUT2D eigenvalue weighted by Crippen LogP contribution is 2.19. The minimum atomic E-state index is 0.584. The van der Waals surface area contributed by atoms with E-state index in [9.17, 15) is 0 Å². The van der Waals surface area contributed by atoms with Crippen LogP contribution in [0.1, 0.15) is 11.3 Å². The van der Waals surface area contributed by atoms with Gasteiger partial charge in [0, 0.05) is 12.6 Å². The minimum absolute atomic E-state index is 0.584. The second kappa shape index (κ2) is 2.65. The molecule has 0 aliphatic carbocycles. The molecule has 0 bridgehead atoms. The Kier molecular flexibility index (Phi) is 1.61. The zero-order valence-corrected chi connectivity index (χ0v) is 7.74. The van der Waals surface area contributed by atoms with Gasteiger partial charge in [0.2, 0.25) is 5.82 Å². The van der Waals surface area contributed by atoms with E-state index in [1.54, 1.807) is 4.68 Å². The van der Waals surface area contributed by atoms with Crippen molar-refractivity contribution in [2.45, 2.75) is 13.8 Å². The Balaban J connectivity index is 2.64. The van der Waals surface area contributed by atoms with Crippen LogP contribution >= 0.6 is 0 Å². The molecule has 2 heterocycles. The quantitative estimate of drug-likeness (QED) is 0.677. The summed E-state index contributed by atoms with van der Waals surface area (Å²) in [5.74, 6) is 0.584. The summed E-state index contributed by atoms with van der Waals surface area (Å²) >= 11 is 0. The van der Waals surface area contributed by atoms with Crippen LogP contribution in [-0.2, 0) is 7.05 Å². The number of tetrazole rings is 1. The van der Waals surface area contributed by atoms with Crippen LogP contribution in [0.25, 0.3) is 11.5 Å². The maximum absolute atomic E-state index is 4.26. The molecule has 0 fully saturated rings. The summed E-state index contributed by atoms with van der Waals surface area (Å²) in [7, 11) is 1.87. The standard InChI is InChI=1S/C7H10N6/c1-4-5(2)10-13(3)6(4)7-8-11-12-9-7/h1-3H3,(H,8,9,11,12). The first-order valence-corrected chi connectivity index (χ1v) is 3.94. The van der Waals surface area contributed by atoms with Crippen molar-refractivity contribution in [3.05, 3.63) is 11.3 Å². The Morgan fingerprint density at radius 1 is 1.31 bits per heavy atom. The van der Waals surface area contributed by atoms with Gasteiger partial charge < -0.3 is 0 Å². The Bertz CT molecular complexity index is 412. The molecule has 0 unspecified atom stereocenters. The van der Waals surface area contributed by atoms with Gasteiger partial charge >= 0.3 is 0 Å². The molecule has 0 atom stereocenters. The van der Waals surface area contributed by atoms with Gasteiger partial charge in [-0.2, -0.15) is 10.3 Å². The van der Waals surface area contributed by atoms with Crippen molar-refractivity contribution in [1.82, 2.24) is 30.4 Å². The summed E-state index contributed by atoms with van der Waals surface area (Å²) in [6, 6.07) is 0. The Morgan fingerprint density at radius 2 is 2.08 bits per heavy atom. The van der Waals surface area contributed by atoms with Crippen molar-refractivity contribution in [2.75, 3.05) is 0 Å². The highest BCUT2D eigenvalue weighted by atomic mass is 15.5. The lowest BCUT2D eigenvalue weighted by atomic mass is 10.2. The molecule has 0 spiro atoms. The third-order valence-corrected chi connectivity index (χ3v) is 2.08. The van der Waals surface area contributed by atoms with Crippen LogP contribution in [0.2, 0.25) is 0 Å². The molecule has 0 amide bonds. The fourth-order valence-corrected chi connectivity index (χ4v) is 1.34. The number of hydrogen-bond donors (Lipinski definition) is 1. The topological polar surface area (TPSA) is 72.3 Å². The van der Waals surface area contributed by atoms with Gasteiger partial charge in [-0.05, 0) is 19.1 Å². The van der Waals surface area contributed by atoms with Crippen LogP contribution < -0.4 is 0 Å². The summed E-state index contributed by atoms with van der Waals surface area (Å²) in [6.07, 6.45) is 0. The van der Waals surface area contributed by atoms with E-state index in [2.05, 4.69) is 25.7 Å². The second-order valence-corrected chi connectivity index (χ2v) is 2.92. The summed E-state index contributed by atoms with van der Waals surface area (Å²) in [4.78, 5) is 0. The van der Waals surface area contributed by atoms with Crippen molar-refractivity contribution in [3.8, 4) is 11.5 Å². The lowest BCUT2D eigenvalue weighted by Gasteiger charge is -1.95. The van der Waals surface area contributed by atoms with Crippen LogP contribution in [0, 0.1) is 13.8 Å². The van der Waals surface area contributed by atoms with E-state index in [-0.39, 0.29) is 0 Å². The van der Waals surface area contributed by atoms with E-state index < -0.39 is 0 Å². The molecule has 0 aliphatic rings. The zero-order chi connectivity index (χ0) is 9.42. The van der Waals surface area contributed by atoms with Gasteiger partial charge in [-0.1, -0.05) is 0 Å². The van der Waals surface area contributed by atoms with Crippen molar-refractivity contribution < 1.29 is 0 Å². The largest absolute Gasteiger partial charge is 0.264 e. The molecular weight excluding hydrogens is 168 g/mol. The average molecular weight is 178 g/mol. The van der Waals surface area contributed by atoms with Gasteiger partial charge in [-0.25, -0.2) is 0 Å². The highest BCUT2D eigenvalue weighted by molar-refractivity contribution is 5.55. The van der Waals surface area contributed by atoms with Gasteiger partial charge in [0.05, 0.1) is 5.69 Å². The van der Waals surface area contributed by atoms with Crippen LogP contribution in [0.3, 0.4) is 0 Å². The maximum Gasteiger partial charge on any atom is 0.222 e. The second-order valence-electron chi connectivity index (χ2n) is 2.92. The number of hydrogen-bond acceptors (Lipinski definition) is 4. The van der Waals surface area contributed by atoms with E-state index in [0.29, 0.717) is 5.82 Å². The van der Waals surface area contributed by atoms with Gasteiger partial charge in [0.25, 0.3) is 0 Å². The normalized spacial score (nSPS) is 10.7. The Hall–Kier alpha value is -1.72. The van der Waals surface area contributed by atoms with Gasteiger partial charge in [0.1, 0.15) is 5.69 Å². The predicted molar refractivity (Wildman–Crippen MR) is 45.9 cm³/mol. The maximum atomic E-state index is 4.26. The summed E-state index contributed by atoms with van der Waals surface area (Å²) in [6.45, 7) is 3.95. The average Bonchev–Trinajstić information content (AvgIpc) is 2.63. The molecule has 2 rings (SSSR count). The number of aryl methyl sites for hydroxylation is 2. The fourth-order valence-electron chi connectivity index (χ4n) is 1.34. The molecule has 6 heteroatoms. The monoisotopic (exact) mass is 178 g/mol. The molecule has 0 aromatic carbocycles. The molecule has 0 saturated heterocycles. The molecule has 13 heavy (non-hydrogen) atoms. The zero-order valence-electron chi connectivity index (χ0n) is 7.74. The summed E-state index contributed by atoms with van der Waals surface area (Å²) in [5.41, 5.74) is 2.98. The lowest BCUT2D eigenvalue weighted by molar-refractivity contribution is 0.759. The van der Waals surface area contributed by atoms with Gasteiger partial charge in [0.15, 0.2) is 0 Å². The summed E-state index contributed by atoms with van der Waals surface area (Å²) < 4.78 is 1.76. The summed E-state index contributed by atoms with van der Waals surface area (Å²) in [5, 5.41) is 18.0. The molecule has 0 saturated carbocycles. The first-order valence-electron chi connectivity index (χ1n) is 3.94. The number of nitrogens with zero attached hydrogens (tertiary/aromatic N) is 5. The molecule has 0 aliphatic heterocycles. The van der Waals surface area contributed by atoms with Crippen molar-refractivity contribution >= 4 is 0 Å². The van der Waals surface area contributed by atoms with E-state index in [1.165, 1.54) is 0 Å². The number of nitrogens with one attached hydrogen (secondary N) is 1. The molecular formula is C7H10N6. The number of H-pyrrole nitrogens is 1. The van der Waals surface area contributed by atoms with Gasteiger partial charge in [-0.15, -0.1) is 10.2 Å². The number of aromatic amines is 1. The van der Waals surface area contributed by atoms with E-state index in [1.807, 2.05) is 20.9 Å². The number of aromatic nitrogens is 6. The van der Waals surface area contributed by atoms with E-state index in [4.69, 9.17) is 0 Å². The van der Waals surface area contributed by atoms with E-state index >= 15 is 0 Å². The fraction of sp³-hybridized carbons (Fsp3) is 0.429. The molecule has 2 aromatic rings. The molecule has 2 aromatic heterocycles.